The highest BCUT2D eigenvalue weighted by molar-refractivity contribution is 6.74. The summed E-state index contributed by atoms with van der Waals surface area (Å²) >= 11 is 0. The highest BCUT2D eigenvalue weighted by Crippen LogP contribution is 2.44. The van der Waals surface area contributed by atoms with Gasteiger partial charge in [0.1, 0.15) is 11.4 Å². The van der Waals surface area contributed by atoms with Crippen LogP contribution in [0.4, 0.5) is 0 Å². The summed E-state index contributed by atoms with van der Waals surface area (Å²) in [4.78, 5) is 0. The van der Waals surface area contributed by atoms with Gasteiger partial charge in [-0.15, -0.1) is 0 Å². The summed E-state index contributed by atoms with van der Waals surface area (Å²) in [5.41, 5.74) is 3.19. The Balaban J connectivity index is 1.84. The van der Waals surface area contributed by atoms with Crippen molar-refractivity contribution >= 4 is 8.32 Å². The maximum Gasteiger partial charge on any atom is 0.193 e. The van der Waals surface area contributed by atoms with E-state index in [1.54, 1.807) is 0 Å². The van der Waals surface area contributed by atoms with Gasteiger partial charge in [-0.25, -0.2) is 0 Å². The molecular formula is C24H33O3Si. The summed E-state index contributed by atoms with van der Waals surface area (Å²) < 4.78 is 18.2. The van der Waals surface area contributed by atoms with Crippen LogP contribution in [0.5, 0.6) is 5.75 Å². The first-order valence-electron chi connectivity index (χ1n) is 10.1. The second-order valence-electron chi connectivity index (χ2n) is 9.54. The number of ether oxygens (including phenoxy) is 2. The Hall–Kier alpha value is -1.62. The summed E-state index contributed by atoms with van der Waals surface area (Å²) in [6, 6.07) is 17.9. The molecule has 0 aliphatic carbocycles. The van der Waals surface area contributed by atoms with E-state index in [9.17, 15) is 0 Å². The highest BCUT2D eigenvalue weighted by atomic mass is 28.4. The molecule has 0 bridgehead atoms. The second-order valence-corrected chi connectivity index (χ2v) is 14.3. The maximum atomic E-state index is 6.81. The van der Waals surface area contributed by atoms with Crippen LogP contribution in [0.15, 0.2) is 42.5 Å². The number of benzene rings is 2. The highest BCUT2D eigenvalue weighted by Gasteiger charge is 2.49. The van der Waals surface area contributed by atoms with Crippen molar-refractivity contribution in [2.24, 2.45) is 0 Å². The van der Waals surface area contributed by atoms with Gasteiger partial charge in [0.2, 0.25) is 0 Å². The zero-order valence-corrected chi connectivity index (χ0v) is 19.3. The summed E-state index contributed by atoms with van der Waals surface area (Å²) in [6.07, 6.45) is 0.139. The van der Waals surface area contributed by atoms with Crippen LogP contribution in [0.3, 0.4) is 0 Å². The lowest BCUT2D eigenvalue weighted by Crippen LogP contribution is -2.57. The van der Waals surface area contributed by atoms with Crippen molar-refractivity contribution in [3.63, 3.8) is 0 Å². The first kappa shape index (κ1) is 21.1. The molecule has 2 aromatic carbocycles. The van der Waals surface area contributed by atoms with Crippen LogP contribution in [0, 0.1) is 6.07 Å². The fraction of sp³-hybridized carbons (Fsp3) is 0.500. The van der Waals surface area contributed by atoms with Gasteiger partial charge in [-0.05, 0) is 60.8 Å². The normalized spacial score (nSPS) is 16.7. The Bertz CT molecular complexity index is 799. The van der Waals surface area contributed by atoms with Crippen LogP contribution < -0.4 is 4.74 Å². The maximum absolute atomic E-state index is 6.81. The fourth-order valence-electron chi connectivity index (χ4n) is 3.13. The lowest BCUT2D eigenvalue weighted by molar-refractivity contribution is -0.174. The molecule has 0 N–H and O–H groups in total. The van der Waals surface area contributed by atoms with Crippen molar-refractivity contribution in [1.29, 1.82) is 0 Å². The van der Waals surface area contributed by atoms with Crippen LogP contribution in [-0.2, 0) is 14.8 Å². The van der Waals surface area contributed by atoms with Crippen molar-refractivity contribution in [3.8, 4) is 16.9 Å². The Morgan fingerprint density at radius 2 is 1.68 bits per heavy atom. The summed E-state index contributed by atoms with van der Waals surface area (Å²) in [6.45, 7) is 16.7. The minimum absolute atomic E-state index is 0.139. The third kappa shape index (κ3) is 4.34. The molecule has 0 aromatic heterocycles. The Morgan fingerprint density at radius 3 is 2.18 bits per heavy atom. The van der Waals surface area contributed by atoms with E-state index in [0.717, 1.165) is 16.9 Å². The standard InChI is InChI=1S/C24H33O3Si/c1-18(2)26-22-10-8-9-20(15-22)19-11-13-21(14-12-19)24(16-25-17-24)27-28(6,7)23(3,4)5/h8-9,11-15,18H,16-17H2,1-7H3. The third-order valence-corrected chi connectivity index (χ3v) is 10.3. The molecule has 1 saturated heterocycles. The topological polar surface area (TPSA) is 27.7 Å². The van der Waals surface area contributed by atoms with E-state index in [-0.39, 0.29) is 16.7 Å². The molecule has 4 heteroatoms. The Morgan fingerprint density at radius 1 is 1.04 bits per heavy atom. The molecule has 0 saturated carbocycles. The monoisotopic (exact) mass is 397 g/mol. The predicted octanol–water partition coefficient (Wildman–Crippen LogP) is 6.19. The first-order valence-corrected chi connectivity index (χ1v) is 13.0. The van der Waals surface area contributed by atoms with Gasteiger partial charge in [-0.1, -0.05) is 51.1 Å². The molecule has 0 spiro atoms. The van der Waals surface area contributed by atoms with Crippen molar-refractivity contribution in [3.05, 3.63) is 54.1 Å². The van der Waals surface area contributed by atoms with E-state index in [2.05, 4.69) is 70.3 Å². The van der Waals surface area contributed by atoms with Crippen LogP contribution in [0.2, 0.25) is 18.1 Å². The predicted molar refractivity (Wildman–Crippen MR) is 117 cm³/mol. The summed E-state index contributed by atoms with van der Waals surface area (Å²) in [7, 11) is -1.89. The van der Waals surface area contributed by atoms with Gasteiger partial charge in [0.15, 0.2) is 8.32 Å². The molecule has 151 valence electrons. The summed E-state index contributed by atoms with van der Waals surface area (Å²) in [5.74, 6) is 0.779. The van der Waals surface area contributed by atoms with Crippen LogP contribution >= 0.6 is 0 Å². The second kappa shape index (κ2) is 7.66. The molecule has 1 aliphatic rings. The summed E-state index contributed by atoms with van der Waals surface area (Å²) in [5, 5.41) is 0.170. The van der Waals surface area contributed by atoms with Crippen molar-refractivity contribution in [1.82, 2.24) is 0 Å². The number of hydrogen-bond acceptors (Lipinski definition) is 3. The molecule has 3 rings (SSSR count). The van der Waals surface area contributed by atoms with Gasteiger partial charge in [-0.2, -0.15) is 0 Å². The molecule has 1 aliphatic heterocycles. The van der Waals surface area contributed by atoms with Crippen LogP contribution in [-0.4, -0.2) is 27.6 Å². The minimum Gasteiger partial charge on any atom is -0.490 e. The van der Waals surface area contributed by atoms with Gasteiger partial charge in [0.05, 0.1) is 19.3 Å². The van der Waals surface area contributed by atoms with Gasteiger partial charge in [-0.3, -0.25) is 0 Å². The van der Waals surface area contributed by atoms with E-state index in [0.29, 0.717) is 13.2 Å². The lowest BCUT2D eigenvalue weighted by Gasteiger charge is -2.50. The lowest BCUT2D eigenvalue weighted by atomic mass is 9.90. The van der Waals surface area contributed by atoms with Crippen LogP contribution in [0.1, 0.15) is 40.2 Å². The molecule has 3 nitrogen and oxygen atoms in total. The number of rotatable bonds is 6. The molecule has 1 heterocycles. The van der Waals surface area contributed by atoms with Crippen molar-refractivity contribution in [2.75, 3.05) is 13.2 Å². The molecule has 0 amide bonds. The molecule has 28 heavy (non-hydrogen) atoms. The molecular weight excluding hydrogens is 364 g/mol. The average molecular weight is 398 g/mol. The number of hydrogen-bond donors (Lipinski definition) is 0. The Kier molecular flexibility index (Phi) is 5.77. The van der Waals surface area contributed by atoms with Gasteiger partial charge >= 0.3 is 0 Å². The van der Waals surface area contributed by atoms with E-state index >= 15 is 0 Å². The molecule has 1 radical (unpaired) electrons. The zero-order chi connectivity index (χ0) is 20.6. The largest absolute Gasteiger partial charge is 0.490 e. The van der Waals surface area contributed by atoms with E-state index in [4.69, 9.17) is 13.9 Å². The molecule has 2 aromatic rings. The zero-order valence-electron chi connectivity index (χ0n) is 18.3. The first-order chi connectivity index (χ1) is 13.0. The van der Waals surface area contributed by atoms with Gasteiger partial charge < -0.3 is 13.9 Å². The van der Waals surface area contributed by atoms with E-state index < -0.39 is 8.32 Å². The fourth-order valence-corrected chi connectivity index (χ4v) is 4.64. The third-order valence-electron chi connectivity index (χ3n) is 5.81. The minimum atomic E-state index is -1.89. The van der Waals surface area contributed by atoms with E-state index in [1.807, 2.05) is 26.0 Å². The van der Waals surface area contributed by atoms with E-state index in [1.165, 1.54) is 5.56 Å². The van der Waals surface area contributed by atoms with Crippen LogP contribution in [0.25, 0.3) is 11.1 Å². The SMILES string of the molecule is CC(C)Oc1[c]ccc(-c2ccc(C3(O[Si](C)(C)C(C)(C)C)COC3)cc2)c1. The Labute approximate surface area is 171 Å². The van der Waals surface area contributed by atoms with Crippen molar-refractivity contribution in [2.45, 2.75) is 64.5 Å². The van der Waals surface area contributed by atoms with Gasteiger partial charge in [0.25, 0.3) is 0 Å². The van der Waals surface area contributed by atoms with Crippen molar-refractivity contribution < 1.29 is 13.9 Å². The molecule has 0 unspecified atom stereocenters. The molecule has 0 atom stereocenters. The molecule has 1 fully saturated rings. The smallest absolute Gasteiger partial charge is 0.193 e. The van der Waals surface area contributed by atoms with Gasteiger partial charge in [0, 0.05) is 6.07 Å². The quantitative estimate of drug-likeness (QED) is 0.544. The average Bonchev–Trinajstić information content (AvgIpc) is 2.57.